The number of carbonyl (C=O) groups excluding carboxylic acids is 1. The van der Waals surface area contributed by atoms with E-state index in [1.54, 1.807) is 36.4 Å². The molecule has 1 unspecified atom stereocenters. The van der Waals surface area contributed by atoms with E-state index >= 15 is 0 Å². The van der Waals surface area contributed by atoms with Crippen LogP contribution in [0, 0.1) is 0 Å². The van der Waals surface area contributed by atoms with E-state index in [-0.39, 0.29) is 10.8 Å². The maximum absolute atomic E-state index is 12.9. The molecule has 0 radical (unpaired) electrons. The van der Waals surface area contributed by atoms with E-state index in [1.165, 1.54) is 12.1 Å². The Kier molecular flexibility index (Phi) is 7.52. The van der Waals surface area contributed by atoms with Crippen molar-refractivity contribution in [1.82, 2.24) is 9.80 Å². The molecule has 2 saturated heterocycles. The van der Waals surface area contributed by atoms with Crippen molar-refractivity contribution in [2.75, 3.05) is 50.7 Å². The number of ether oxygens (including phenoxy) is 2. The van der Waals surface area contributed by atoms with Gasteiger partial charge in [0.15, 0.2) is 0 Å². The Balaban J connectivity index is 1.32. The zero-order chi connectivity index (χ0) is 23.3. The minimum atomic E-state index is -3.76. The van der Waals surface area contributed by atoms with E-state index in [0.29, 0.717) is 42.8 Å². The SMILES string of the molecule is CCOc1ccc(NS(=O)(=O)c2ccc(C(=O)N3CCN(CC4CCCO4)CC3)cc2)cc1. The third kappa shape index (κ3) is 6.04. The summed E-state index contributed by atoms with van der Waals surface area (Å²) in [7, 11) is -3.76. The van der Waals surface area contributed by atoms with Gasteiger partial charge in [0.05, 0.1) is 17.6 Å². The Bertz CT molecular complexity index is 1030. The van der Waals surface area contributed by atoms with Crippen molar-refractivity contribution in [3.8, 4) is 5.75 Å². The number of nitrogens with one attached hydrogen (secondary N) is 1. The molecule has 2 aliphatic heterocycles. The van der Waals surface area contributed by atoms with Gasteiger partial charge in [0, 0.05) is 50.6 Å². The number of hydrogen-bond acceptors (Lipinski definition) is 6. The van der Waals surface area contributed by atoms with Crippen LogP contribution in [0.5, 0.6) is 5.75 Å². The highest BCUT2D eigenvalue weighted by Gasteiger charge is 2.25. The Morgan fingerprint density at radius 3 is 2.36 bits per heavy atom. The molecule has 0 bridgehead atoms. The minimum Gasteiger partial charge on any atom is -0.494 e. The summed E-state index contributed by atoms with van der Waals surface area (Å²) in [4.78, 5) is 17.2. The molecule has 1 atom stereocenters. The smallest absolute Gasteiger partial charge is 0.261 e. The van der Waals surface area contributed by atoms with Gasteiger partial charge in [-0.2, -0.15) is 0 Å². The van der Waals surface area contributed by atoms with Gasteiger partial charge in [-0.05, 0) is 68.3 Å². The summed E-state index contributed by atoms with van der Waals surface area (Å²) in [6, 6.07) is 12.8. The lowest BCUT2D eigenvalue weighted by molar-refractivity contribution is 0.0432. The van der Waals surface area contributed by atoms with Gasteiger partial charge in [-0.15, -0.1) is 0 Å². The quantitative estimate of drug-likeness (QED) is 0.634. The molecule has 2 aromatic carbocycles. The van der Waals surface area contributed by atoms with Crippen molar-refractivity contribution in [3.63, 3.8) is 0 Å². The van der Waals surface area contributed by atoms with Crippen LogP contribution in [0.1, 0.15) is 30.1 Å². The van der Waals surface area contributed by atoms with Crippen LogP contribution in [0.4, 0.5) is 5.69 Å². The lowest BCUT2D eigenvalue weighted by Crippen LogP contribution is -2.50. The van der Waals surface area contributed by atoms with Crippen molar-refractivity contribution in [3.05, 3.63) is 54.1 Å². The predicted molar refractivity (Wildman–Crippen MR) is 126 cm³/mol. The Morgan fingerprint density at radius 1 is 1.06 bits per heavy atom. The van der Waals surface area contributed by atoms with Gasteiger partial charge < -0.3 is 14.4 Å². The molecule has 1 N–H and O–H groups in total. The van der Waals surface area contributed by atoms with Crippen LogP contribution in [0.25, 0.3) is 0 Å². The van der Waals surface area contributed by atoms with E-state index in [2.05, 4.69) is 9.62 Å². The molecular weight excluding hydrogens is 442 g/mol. The number of hydrogen-bond donors (Lipinski definition) is 1. The van der Waals surface area contributed by atoms with Crippen LogP contribution in [-0.2, 0) is 14.8 Å². The molecule has 33 heavy (non-hydrogen) atoms. The molecule has 8 nitrogen and oxygen atoms in total. The number of anilines is 1. The standard InChI is InChI=1S/C24H31N3O5S/c1-2-31-21-9-7-20(8-10-21)25-33(29,30)23-11-5-19(6-12-23)24(28)27-15-13-26(14-16-27)18-22-4-3-17-32-22/h5-12,22,25H,2-4,13-18H2,1H3. The fourth-order valence-corrected chi connectivity index (χ4v) is 5.23. The van der Waals surface area contributed by atoms with Gasteiger partial charge in [0.2, 0.25) is 0 Å². The second-order valence-corrected chi connectivity index (χ2v) is 10.00. The molecule has 9 heteroatoms. The number of benzene rings is 2. The Labute approximate surface area is 195 Å². The zero-order valence-electron chi connectivity index (χ0n) is 18.9. The second-order valence-electron chi connectivity index (χ2n) is 8.32. The fraction of sp³-hybridized carbons (Fsp3) is 0.458. The van der Waals surface area contributed by atoms with Gasteiger partial charge in [-0.3, -0.25) is 14.4 Å². The molecule has 0 spiro atoms. The third-order valence-corrected chi connectivity index (χ3v) is 7.37. The van der Waals surface area contributed by atoms with Gasteiger partial charge in [-0.1, -0.05) is 0 Å². The number of carbonyl (C=O) groups is 1. The topological polar surface area (TPSA) is 88.2 Å². The highest BCUT2D eigenvalue weighted by atomic mass is 32.2. The first-order valence-electron chi connectivity index (χ1n) is 11.4. The molecule has 178 valence electrons. The summed E-state index contributed by atoms with van der Waals surface area (Å²) in [5.74, 6) is 0.603. The number of sulfonamides is 1. The lowest BCUT2D eigenvalue weighted by atomic mass is 10.1. The summed E-state index contributed by atoms with van der Waals surface area (Å²) in [5, 5.41) is 0. The average Bonchev–Trinajstić information content (AvgIpc) is 3.34. The number of piperazine rings is 1. The van der Waals surface area contributed by atoms with Crippen LogP contribution < -0.4 is 9.46 Å². The van der Waals surface area contributed by atoms with Crippen LogP contribution >= 0.6 is 0 Å². The second kappa shape index (κ2) is 10.5. The minimum absolute atomic E-state index is 0.0739. The summed E-state index contributed by atoms with van der Waals surface area (Å²) in [6.07, 6.45) is 2.56. The van der Waals surface area contributed by atoms with Crippen molar-refractivity contribution in [2.45, 2.75) is 30.8 Å². The number of nitrogens with zero attached hydrogens (tertiary/aromatic N) is 2. The first-order valence-corrected chi connectivity index (χ1v) is 12.9. The van der Waals surface area contributed by atoms with Crippen LogP contribution in [0.15, 0.2) is 53.4 Å². The maximum atomic E-state index is 12.9. The fourth-order valence-electron chi connectivity index (χ4n) is 4.17. The Morgan fingerprint density at radius 2 is 1.76 bits per heavy atom. The largest absolute Gasteiger partial charge is 0.494 e. The van der Waals surface area contributed by atoms with Gasteiger partial charge in [-0.25, -0.2) is 8.42 Å². The van der Waals surface area contributed by atoms with E-state index < -0.39 is 10.0 Å². The molecule has 2 aliphatic rings. The van der Waals surface area contributed by atoms with Crippen molar-refractivity contribution >= 4 is 21.6 Å². The summed E-state index contributed by atoms with van der Waals surface area (Å²) in [6.45, 7) is 7.17. The Hall–Kier alpha value is -2.62. The van der Waals surface area contributed by atoms with Gasteiger partial charge in [0.25, 0.3) is 15.9 Å². The molecule has 1 amide bonds. The molecule has 0 saturated carbocycles. The lowest BCUT2D eigenvalue weighted by Gasteiger charge is -2.35. The normalized spacial score (nSPS) is 19.4. The highest BCUT2D eigenvalue weighted by molar-refractivity contribution is 7.92. The molecule has 2 heterocycles. The summed E-state index contributed by atoms with van der Waals surface area (Å²) < 4.78 is 39.1. The number of rotatable bonds is 8. The van der Waals surface area contributed by atoms with E-state index in [4.69, 9.17) is 9.47 Å². The van der Waals surface area contributed by atoms with Gasteiger partial charge >= 0.3 is 0 Å². The third-order valence-electron chi connectivity index (χ3n) is 5.97. The van der Waals surface area contributed by atoms with Gasteiger partial charge in [0.1, 0.15) is 5.75 Å². The van der Waals surface area contributed by atoms with Crippen LogP contribution in [0.3, 0.4) is 0 Å². The van der Waals surface area contributed by atoms with Crippen LogP contribution in [0.2, 0.25) is 0 Å². The molecule has 0 aromatic heterocycles. The monoisotopic (exact) mass is 473 g/mol. The van der Waals surface area contributed by atoms with E-state index in [0.717, 1.165) is 39.1 Å². The molecule has 2 aromatic rings. The first-order chi connectivity index (χ1) is 15.9. The van der Waals surface area contributed by atoms with Crippen molar-refractivity contribution in [1.29, 1.82) is 0 Å². The molecule has 0 aliphatic carbocycles. The molecular formula is C24H31N3O5S. The predicted octanol–water partition coefficient (Wildman–Crippen LogP) is 2.82. The number of amides is 1. The van der Waals surface area contributed by atoms with Crippen molar-refractivity contribution < 1.29 is 22.7 Å². The molecule has 4 rings (SSSR count). The maximum Gasteiger partial charge on any atom is 0.261 e. The van der Waals surface area contributed by atoms with Crippen LogP contribution in [-0.4, -0.2) is 76.2 Å². The summed E-state index contributed by atoms with van der Waals surface area (Å²) >= 11 is 0. The molecule has 2 fully saturated rings. The average molecular weight is 474 g/mol. The van der Waals surface area contributed by atoms with E-state index in [9.17, 15) is 13.2 Å². The summed E-state index contributed by atoms with van der Waals surface area (Å²) in [5.41, 5.74) is 0.932. The first kappa shape index (κ1) is 23.5. The van der Waals surface area contributed by atoms with Crippen molar-refractivity contribution in [2.24, 2.45) is 0 Å². The van der Waals surface area contributed by atoms with E-state index in [1.807, 2.05) is 11.8 Å². The highest BCUT2D eigenvalue weighted by Crippen LogP contribution is 2.21. The zero-order valence-corrected chi connectivity index (χ0v) is 19.7.